The smallest absolute Gasteiger partial charge is 0.391 e. The normalized spacial score (nSPS) is 24.9. The quantitative estimate of drug-likeness (QED) is 0.755. The summed E-state index contributed by atoms with van der Waals surface area (Å²) >= 11 is 3.16. The topological polar surface area (TPSA) is 20.2 Å². The van der Waals surface area contributed by atoms with E-state index < -0.39 is 24.0 Å². The van der Waals surface area contributed by atoms with Crippen molar-refractivity contribution in [3.63, 3.8) is 0 Å². The molecule has 3 unspecified atom stereocenters. The summed E-state index contributed by atoms with van der Waals surface area (Å²) in [6.45, 7) is 0. The van der Waals surface area contributed by atoms with Gasteiger partial charge < -0.3 is 5.11 Å². The lowest BCUT2D eigenvalue weighted by atomic mass is 9.77. The zero-order chi connectivity index (χ0) is 15.6. The maximum absolute atomic E-state index is 13.3. The first-order chi connectivity index (χ1) is 9.75. The van der Waals surface area contributed by atoms with Crippen LogP contribution in [-0.4, -0.2) is 17.4 Å². The van der Waals surface area contributed by atoms with E-state index in [1.54, 1.807) is 6.07 Å². The number of hydrogen-bond acceptors (Lipinski definition) is 1. The summed E-state index contributed by atoms with van der Waals surface area (Å²) in [5.41, 5.74) is 0.587. The largest absolute Gasteiger partial charge is 0.392 e. The van der Waals surface area contributed by atoms with Crippen LogP contribution >= 0.6 is 15.9 Å². The molecular weight excluding hydrogens is 352 g/mol. The summed E-state index contributed by atoms with van der Waals surface area (Å²) < 4.78 is 52.2. The third-order valence-electron chi connectivity index (χ3n) is 4.09. The highest BCUT2D eigenvalue weighted by atomic mass is 79.9. The molecule has 3 atom stereocenters. The standard InChI is InChI=1S/C15H17BrF4O/c16-12-4-9(5-13(17)8-12)6-14(21)10-2-1-3-11(7-10)15(18,19)20/h4-5,8,10-11,14,21H,1-3,6-7H2. The molecule has 0 amide bonds. The first-order valence-electron chi connectivity index (χ1n) is 6.95. The minimum atomic E-state index is -4.19. The predicted molar refractivity (Wildman–Crippen MR) is 75.3 cm³/mol. The molecule has 6 heteroatoms. The lowest BCUT2D eigenvalue weighted by molar-refractivity contribution is -0.188. The molecule has 0 saturated heterocycles. The van der Waals surface area contributed by atoms with Crippen LogP contribution in [0, 0.1) is 17.7 Å². The molecular formula is C15H17BrF4O. The number of aliphatic hydroxyl groups is 1. The fourth-order valence-electron chi connectivity index (χ4n) is 3.01. The fraction of sp³-hybridized carbons (Fsp3) is 0.600. The zero-order valence-electron chi connectivity index (χ0n) is 11.3. The third-order valence-corrected chi connectivity index (χ3v) is 4.55. The number of halogens is 5. The Morgan fingerprint density at radius 2 is 1.95 bits per heavy atom. The van der Waals surface area contributed by atoms with E-state index in [0.29, 0.717) is 22.9 Å². The summed E-state index contributed by atoms with van der Waals surface area (Å²) in [5.74, 6) is -2.14. The Morgan fingerprint density at radius 3 is 2.57 bits per heavy atom. The minimum absolute atomic E-state index is 0.0405. The maximum Gasteiger partial charge on any atom is 0.391 e. The van der Waals surface area contributed by atoms with Gasteiger partial charge in [-0.1, -0.05) is 22.4 Å². The molecule has 1 nitrogen and oxygen atoms in total. The monoisotopic (exact) mass is 368 g/mol. The number of alkyl halides is 3. The zero-order valence-corrected chi connectivity index (χ0v) is 12.9. The second kappa shape index (κ2) is 6.65. The SMILES string of the molecule is OC(Cc1cc(F)cc(Br)c1)C1CCCC(C(F)(F)F)C1. The number of benzene rings is 1. The first-order valence-corrected chi connectivity index (χ1v) is 7.74. The average molecular weight is 369 g/mol. The van der Waals surface area contributed by atoms with E-state index in [-0.39, 0.29) is 25.2 Å². The van der Waals surface area contributed by atoms with E-state index in [4.69, 9.17) is 0 Å². The van der Waals surface area contributed by atoms with Crippen molar-refractivity contribution < 1.29 is 22.7 Å². The minimum Gasteiger partial charge on any atom is -0.392 e. The van der Waals surface area contributed by atoms with Gasteiger partial charge in [-0.2, -0.15) is 13.2 Å². The number of aliphatic hydroxyl groups excluding tert-OH is 1. The van der Waals surface area contributed by atoms with Crippen LogP contribution in [-0.2, 0) is 6.42 Å². The third kappa shape index (κ3) is 4.68. The second-order valence-electron chi connectivity index (χ2n) is 5.71. The van der Waals surface area contributed by atoms with Gasteiger partial charge in [-0.15, -0.1) is 0 Å². The van der Waals surface area contributed by atoms with Crippen LogP contribution in [0.3, 0.4) is 0 Å². The Kier molecular flexibility index (Phi) is 5.30. The van der Waals surface area contributed by atoms with Gasteiger partial charge in [-0.3, -0.25) is 0 Å². The van der Waals surface area contributed by atoms with Gasteiger partial charge in [0.05, 0.1) is 12.0 Å². The van der Waals surface area contributed by atoms with E-state index in [9.17, 15) is 22.7 Å². The number of hydrogen-bond donors (Lipinski definition) is 1. The van der Waals surface area contributed by atoms with Crippen LogP contribution in [0.5, 0.6) is 0 Å². The molecule has 0 bridgehead atoms. The van der Waals surface area contributed by atoms with Crippen molar-refractivity contribution in [2.24, 2.45) is 11.8 Å². The van der Waals surface area contributed by atoms with Crippen molar-refractivity contribution in [2.45, 2.75) is 44.4 Å². The van der Waals surface area contributed by atoms with Gasteiger partial charge >= 0.3 is 6.18 Å². The van der Waals surface area contributed by atoms with Crippen LogP contribution in [0.15, 0.2) is 22.7 Å². The Balaban J connectivity index is 2.01. The summed E-state index contributed by atoms with van der Waals surface area (Å²) in [6.07, 6.45) is -3.74. The molecule has 21 heavy (non-hydrogen) atoms. The summed E-state index contributed by atoms with van der Waals surface area (Å²) in [6, 6.07) is 4.28. The molecule has 1 saturated carbocycles. The molecule has 1 aromatic carbocycles. The molecule has 0 aromatic heterocycles. The van der Waals surface area contributed by atoms with E-state index in [1.807, 2.05) is 0 Å². The van der Waals surface area contributed by atoms with Gasteiger partial charge in [0.1, 0.15) is 5.82 Å². The van der Waals surface area contributed by atoms with Crippen LogP contribution in [0.4, 0.5) is 17.6 Å². The molecule has 0 aliphatic heterocycles. The van der Waals surface area contributed by atoms with Gasteiger partial charge in [0.15, 0.2) is 0 Å². The highest BCUT2D eigenvalue weighted by Crippen LogP contribution is 2.41. The van der Waals surface area contributed by atoms with Crippen molar-refractivity contribution in [3.05, 3.63) is 34.1 Å². The van der Waals surface area contributed by atoms with Gasteiger partial charge in [-0.25, -0.2) is 4.39 Å². The molecule has 1 N–H and O–H groups in total. The average Bonchev–Trinajstić information content (AvgIpc) is 2.36. The Morgan fingerprint density at radius 1 is 1.24 bits per heavy atom. The van der Waals surface area contributed by atoms with Crippen molar-refractivity contribution in [2.75, 3.05) is 0 Å². The van der Waals surface area contributed by atoms with E-state index >= 15 is 0 Å². The lowest BCUT2D eigenvalue weighted by Gasteiger charge is -2.33. The van der Waals surface area contributed by atoms with Crippen LogP contribution in [0.25, 0.3) is 0 Å². The van der Waals surface area contributed by atoms with Crippen molar-refractivity contribution in [1.82, 2.24) is 0 Å². The summed E-state index contributed by atoms with van der Waals surface area (Å²) in [7, 11) is 0. The molecule has 1 fully saturated rings. The van der Waals surface area contributed by atoms with Gasteiger partial charge in [-0.05, 0) is 55.4 Å². The lowest BCUT2D eigenvalue weighted by Crippen LogP contribution is -2.34. The van der Waals surface area contributed by atoms with Crippen LogP contribution in [0.2, 0.25) is 0 Å². The Labute approximate surface area is 129 Å². The molecule has 118 valence electrons. The highest BCUT2D eigenvalue weighted by Gasteiger charge is 2.43. The van der Waals surface area contributed by atoms with Crippen molar-refractivity contribution in [3.8, 4) is 0 Å². The molecule has 2 rings (SSSR count). The molecule has 0 radical (unpaired) electrons. The summed E-state index contributed by atoms with van der Waals surface area (Å²) in [5, 5.41) is 10.2. The Bertz CT molecular complexity index is 469. The van der Waals surface area contributed by atoms with Crippen molar-refractivity contribution >= 4 is 15.9 Å². The molecule has 1 aromatic rings. The van der Waals surface area contributed by atoms with Gasteiger partial charge in [0.2, 0.25) is 0 Å². The van der Waals surface area contributed by atoms with Crippen LogP contribution in [0.1, 0.15) is 31.2 Å². The van der Waals surface area contributed by atoms with Crippen molar-refractivity contribution in [1.29, 1.82) is 0 Å². The molecule has 0 spiro atoms. The van der Waals surface area contributed by atoms with E-state index in [0.717, 1.165) is 0 Å². The first kappa shape index (κ1) is 16.7. The maximum atomic E-state index is 13.3. The Hall–Kier alpha value is -0.620. The van der Waals surface area contributed by atoms with Gasteiger partial charge in [0.25, 0.3) is 0 Å². The molecule has 0 heterocycles. The van der Waals surface area contributed by atoms with E-state index in [1.165, 1.54) is 12.1 Å². The fourth-order valence-corrected chi connectivity index (χ4v) is 3.52. The number of rotatable bonds is 3. The van der Waals surface area contributed by atoms with Gasteiger partial charge in [0, 0.05) is 4.47 Å². The van der Waals surface area contributed by atoms with Crippen LogP contribution < -0.4 is 0 Å². The predicted octanol–water partition coefficient (Wildman–Crippen LogP) is 4.86. The highest BCUT2D eigenvalue weighted by molar-refractivity contribution is 9.10. The summed E-state index contributed by atoms with van der Waals surface area (Å²) in [4.78, 5) is 0. The molecule has 1 aliphatic carbocycles. The van der Waals surface area contributed by atoms with E-state index in [2.05, 4.69) is 15.9 Å². The molecule has 1 aliphatic rings. The second-order valence-corrected chi connectivity index (χ2v) is 6.63.